The van der Waals surface area contributed by atoms with E-state index in [0.29, 0.717) is 12.8 Å². The van der Waals surface area contributed by atoms with Gasteiger partial charge in [0.15, 0.2) is 9.84 Å². The van der Waals surface area contributed by atoms with Gasteiger partial charge < -0.3 is 5.32 Å². The predicted octanol–water partition coefficient (Wildman–Crippen LogP) is -0.443. The van der Waals surface area contributed by atoms with Crippen molar-refractivity contribution in [1.29, 1.82) is 0 Å². The number of rotatable bonds is 2. The summed E-state index contributed by atoms with van der Waals surface area (Å²) in [5, 5.41) is 2.49. The molecular formula is C7H13NO3S. The second-order valence-corrected chi connectivity index (χ2v) is 5.38. The van der Waals surface area contributed by atoms with Crippen LogP contribution in [0.15, 0.2) is 0 Å². The zero-order chi connectivity index (χ0) is 9.19. The molecule has 1 N–H and O–H groups in total. The SMILES string of the molecule is CNC(=O)CC1CCS(=O)(=O)C1. The summed E-state index contributed by atoms with van der Waals surface area (Å²) < 4.78 is 22.0. The number of sulfone groups is 1. The molecule has 0 aromatic rings. The van der Waals surface area contributed by atoms with Gasteiger partial charge >= 0.3 is 0 Å². The molecule has 1 amide bonds. The van der Waals surface area contributed by atoms with Gasteiger partial charge in [0, 0.05) is 13.5 Å². The lowest BCUT2D eigenvalue weighted by atomic mass is 10.1. The van der Waals surface area contributed by atoms with Crippen LogP contribution in [0.5, 0.6) is 0 Å². The van der Waals surface area contributed by atoms with Gasteiger partial charge in [-0.25, -0.2) is 8.42 Å². The Kier molecular flexibility index (Phi) is 2.72. The molecule has 0 aromatic carbocycles. The van der Waals surface area contributed by atoms with Crippen molar-refractivity contribution < 1.29 is 13.2 Å². The summed E-state index contributed by atoms with van der Waals surface area (Å²) in [6, 6.07) is 0. The van der Waals surface area contributed by atoms with Gasteiger partial charge in [-0.2, -0.15) is 0 Å². The van der Waals surface area contributed by atoms with Crippen LogP contribution in [0, 0.1) is 5.92 Å². The van der Waals surface area contributed by atoms with Crippen LogP contribution in [0.2, 0.25) is 0 Å². The molecule has 1 fully saturated rings. The zero-order valence-corrected chi connectivity index (χ0v) is 7.86. The average molecular weight is 191 g/mol. The molecular weight excluding hydrogens is 178 g/mol. The van der Waals surface area contributed by atoms with Gasteiger partial charge in [0.25, 0.3) is 0 Å². The van der Waals surface area contributed by atoms with Crippen molar-refractivity contribution in [3.8, 4) is 0 Å². The van der Waals surface area contributed by atoms with Crippen LogP contribution in [0.1, 0.15) is 12.8 Å². The lowest BCUT2D eigenvalue weighted by molar-refractivity contribution is -0.121. The molecule has 1 rings (SSSR count). The highest BCUT2D eigenvalue weighted by atomic mass is 32.2. The third-order valence-electron chi connectivity index (χ3n) is 2.08. The molecule has 4 nitrogen and oxygen atoms in total. The normalized spacial score (nSPS) is 26.9. The van der Waals surface area contributed by atoms with E-state index < -0.39 is 9.84 Å². The van der Waals surface area contributed by atoms with Crippen molar-refractivity contribution in [2.24, 2.45) is 5.92 Å². The van der Waals surface area contributed by atoms with Crippen molar-refractivity contribution in [2.75, 3.05) is 18.6 Å². The Bertz CT molecular complexity index is 270. The molecule has 70 valence electrons. The first kappa shape index (κ1) is 9.51. The lowest BCUT2D eigenvalue weighted by Gasteiger charge is -2.04. The number of hydrogen-bond acceptors (Lipinski definition) is 3. The Morgan fingerprint density at radius 1 is 1.58 bits per heavy atom. The van der Waals surface area contributed by atoms with E-state index in [2.05, 4.69) is 5.32 Å². The van der Waals surface area contributed by atoms with E-state index >= 15 is 0 Å². The number of carbonyl (C=O) groups is 1. The maximum absolute atomic E-state index is 11.0. The zero-order valence-electron chi connectivity index (χ0n) is 7.04. The summed E-state index contributed by atoms with van der Waals surface area (Å²) in [6.45, 7) is 0. The van der Waals surface area contributed by atoms with Crippen LogP contribution in [-0.4, -0.2) is 32.9 Å². The van der Waals surface area contributed by atoms with Crippen molar-refractivity contribution >= 4 is 15.7 Å². The molecule has 0 bridgehead atoms. The second kappa shape index (κ2) is 3.43. The molecule has 1 aliphatic heterocycles. The maximum Gasteiger partial charge on any atom is 0.220 e. The molecule has 0 aromatic heterocycles. The Balaban J connectivity index is 2.43. The van der Waals surface area contributed by atoms with E-state index in [1.54, 1.807) is 7.05 Å². The fourth-order valence-electron chi connectivity index (χ4n) is 1.40. The van der Waals surface area contributed by atoms with Crippen molar-refractivity contribution in [1.82, 2.24) is 5.32 Å². The molecule has 1 saturated heterocycles. The van der Waals surface area contributed by atoms with E-state index in [1.807, 2.05) is 0 Å². The van der Waals surface area contributed by atoms with E-state index in [1.165, 1.54) is 0 Å². The van der Waals surface area contributed by atoms with Gasteiger partial charge in [0.05, 0.1) is 11.5 Å². The molecule has 12 heavy (non-hydrogen) atoms. The van der Waals surface area contributed by atoms with Crippen LogP contribution in [-0.2, 0) is 14.6 Å². The van der Waals surface area contributed by atoms with Gasteiger partial charge in [-0.05, 0) is 12.3 Å². The summed E-state index contributed by atoms with van der Waals surface area (Å²) in [6.07, 6.45) is 0.978. The fourth-order valence-corrected chi connectivity index (χ4v) is 3.26. The summed E-state index contributed by atoms with van der Waals surface area (Å²) >= 11 is 0. The summed E-state index contributed by atoms with van der Waals surface area (Å²) in [5.41, 5.74) is 0. The minimum absolute atomic E-state index is 0.0370. The molecule has 0 saturated carbocycles. The van der Waals surface area contributed by atoms with Gasteiger partial charge in [0.2, 0.25) is 5.91 Å². The quantitative estimate of drug-likeness (QED) is 0.643. The van der Waals surface area contributed by atoms with Gasteiger partial charge in [0.1, 0.15) is 0 Å². The Morgan fingerprint density at radius 2 is 2.25 bits per heavy atom. The Morgan fingerprint density at radius 3 is 2.67 bits per heavy atom. The third kappa shape index (κ3) is 2.48. The molecule has 0 radical (unpaired) electrons. The molecule has 0 spiro atoms. The molecule has 1 heterocycles. The number of carbonyl (C=O) groups excluding carboxylic acids is 1. The molecule has 1 atom stereocenters. The molecule has 1 unspecified atom stereocenters. The highest BCUT2D eigenvalue weighted by molar-refractivity contribution is 7.91. The second-order valence-electron chi connectivity index (χ2n) is 3.15. The first-order valence-corrected chi connectivity index (χ1v) is 5.76. The van der Waals surface area contributed by atoms with Gasteiger partial charge in [-0.3, -0.25) is 4.79 Å². The third-order valence-corrected chi connectivity index (χ3v) is 3.92. The summed E-state index contributed by atoms with van der Waals surface area (Å²) in [4.78, 5) is 10.9. The number of nitrogens with one attached hydrogen (secondary N) is 1. The first-order chi connectivity index (χ1) is 5.53. The van der Waals surface area contributed by atoms with E-state index in [0.717, 1.165) is 0 Å². The van der Waals surface area contributed by atoms with Crippen LogP contribution in [0.3, 0.4) is 0 Å². The van der Waals surface area contributed by atoms with Crippen LogP contribution in [0.25, 0.3) is 0 Å². The van der Waals surface area contributed by atoms with E-state index in [9.17, 15) is 13.2 Å². The standard InChI is InChI=1S/C7H13NO3S/c1-8-7(9)4-6-2-3-12(10,11)5-6/h6H,2-5H2,1H3,(H,8,9). The molecule has 1 aliphatic rings. The van der Waals surface area contributed by atoms with Crippen molar-refractivity contribution in [2.45, 2.75) is 12.8 Å². The minimum Gasteiger partial charge on any atom is -0.359 e. The smallest absolute Gasteiger partial charge is 0.220 e. The highest BCUT2D eigenvalue weighted by Crippen LogP contribution is 2.20. The average Bonchev–Trinajstić information content (AvgIpc) is 2.30. The summed E-state index contributed by atoms with van der Waals surface area (Å²) in [5.74, 6) is 0.391. The topological polar surface area (TPSA) is 63.2 Å². The van der Waals surface area contributed by atoms with Crippen LogP contribution >= 0.6 is 0 Å². The summed E-state index contributed by atoms with van der Waals surface area (Å²) in [7, 11) is -1.27. The van der Waals surface area contributed by atoms with Crippen LogP contribution in [0.4, 0.5) is 0 Å². The van der Waals surface area contributed by atoms with Crippen molar-refractivity contribution in [3.05, 3.63) is 0 Å². The molecule has 0 aliphatic carbocycles. The van der Waals surface area contributed by atoms with Crippen molar-refractivity contribution in [3.63, 3.8) is 0 Å². The van der Waals surface area contributed by atoms with E-state index in [-0.39, 0.29) is 23.3 Å². The molecule has 5 heteroatoms. The Hall–Kier alpha value is -0.580. The monoisotopic (exact) mass is 191 g/mol. The number of amides is 1. The first-order valence-electron chi connectivity index (χ1n) is 3.94. The van der Waals surface area contributed by atoms with Gasteiger partial charge in [-0.15, -0.1) is 0 Å². The lowest BCUT2D eigenvalue weighted by Crippen LogP contribution is -2.21. The minimum atomic E-state index is -2.83. The maximum atomic E-state index is 11.0. The van der Waals surface area contributed by atoms with Crippen LogP contribution < -0.4 is 5.32 Å². The number of hydrogen-bond donors (Lipinski definition) is 1. The predicted molar refractivity (Wildman–Crippen MR) is 45.4 cm³/mol. The fraction of sp³-hybridized carbons (Fsp3) is 0.857. The largest absolute Gasteiger partial charge is 0.359 e. The van der Waals surface area contributed by atoms with Gasteiger partial charge in [-0.1, -0.05) is 0 Å². The highest BCUT2D eigenvalue weighted by Gasteiger charge is 2.28. The van der Waals surface area contributed by atoms with E-state index in [4.69, 9.17) is 0 Å². The Labute approximate surface area is 72.3 Å².